The highest BCUT2D eigenvalue weighted by molar-refractivity contribution is 7.80. The van der Waals surface area contributed by atoms with Gasteiger partial charge in [0.15, 0.2) is 0 Å². The number of nitrogens with one attached hydrogen (secondary N) is 1. The van der Waals surface area contributed by atoms with Crippen LogP contribution in [0.5, 0.6) is 0 Å². The van der Waals surface area contributed by atoms with Crippen LogP contribution in [0.3, 0.4) is 0 Å². The normalized spacial score (nSPS) is 12.5. The summed E-state index contributed by atoms with van der Waals surface area (Å²) in [6.45, 7) is 5.68. The van der Waals surface area contributed by atoms with E-state index in [1.807, 2.05) is 13.8 Å². The molecule has 1 atom stereocenters. The SMILES string of the molecule is CCNCC(CC=O)C(C)=S. The van der Waals surface area contributed by atoms with E-state index < -0.39 is 0 Å². The van der Waals surface area contributed by atoms with Gasteiger partial charge in [-0.1, -0.05) is 19.1 Å². The Morgan fingerprint density at radius 2 is 2.36 bits per heavy atom. The summed E-state index contributed by atoms with van der Waals surface area (Å²) >= 11 is 5.00. The van der Waals surface area contributed by atoms with E-state index in [0.29, 0.717) is 6.42 Å². The molecule has 2 nitrogen and oxygen atoms in total. The Morgan fingerprint density at radius 1 is 1.73 bits per heavy atom. The molecule has 0 fully saturated rings. The molecule has 0 saturated heterocycles. The number of carbonyl (C=O) groups is 1. The van der Waals surface area contributed by atoms with Crippen LogP contribution in [0.15, 0.2) is 0 Å². The van der Waals surface area contributed by atoms with Crippen molar-refractivity contribution in [1.82, 2.24) is 5.32 Å². The molecule has 0 saturated carbocycles. The van der Waals surface area contributed by atoms with Crippen LogP contribution in [0.4, 0.5) is 0 Å². The Hall–Kier alpha value is -0.280. The lowest BCUT2D eigenvalue weighted by molar-refractivity contribution is -0.108. The summed E-state index contributed by atoms with van der Waals surface area (Å²) in [4.78, 5) is 11.1. The van der Waals surface area contributed by atoms with Crippen molar-refractivity contribution in [3.8, 4) is 0 Å². The summed E-state index contributed by atoms with van der Waals surface area (Å²) in [5.74, 6) is 0.238. The average Bonchev–Trinajstić information content (AvgIpc) is 1.97. The molecular formula is C8H15NOS. The van der Waals surface area contributed by atoms with Crippen LogP contribution in [-0.2, 0) is 4.79 Å². The predicted molar refractivity (Wildman–Crippen MR) is 51.0 cm³/mol. The van der Waals surface area contributed by atoms with Crippen LogP contribution in [-0.4, -0.2) is 24.2 Å². The molecule has 0 rings (SSSR count). The first-order valence-electron chi connectivity index (χ1n) is 3.87. The first kappa shape index (κ1) is 10.7. The van der Waals surface area contributed by atoms with Crippen LogP contribution in [0.25, 0.3) is 0 Å². The van der Waals surface area contributed by atoms with Crippen LogP contribution < -0.4 is 5.32 Å². The molecule has 0 aromatic carbocycles. The van der Waals surface area contributed by atoms with Crippen molar-refractivity contribution in [2.75, 3.05) is 13.1 Å². The number of hydrogen-bond acceptors (Lipinski definition) is 3. The molecule has 0 heterocycles. The third kappa shape index (κ3) is 5.04. The number of rotatable bonds is 6. The van der Waals surface area contributed by atoms with E-state index in [-0.39, 0.29) is 5.92 Å². The maximum atomic E-state index is 10.2. The minimum Gasteiger partial charge on any atom is -0.316 e. The highest BCUT2D eigenvalue weighted by atomic mass is 32.1. The summed E-state index contributed by atoms with van der Waals surface area (Å²) in [6.07, 6.45) is 1.47. The third-order valence-corrected chi connectivity index (χ3v) is 1.93. The van der Waals surface area contributed by atoms with E-state index in [4.69, 9.17) is 12.2 Å². The van der Waals surface area contributed by atoms with Gasteiger partial charge in [-0.15, -0.1) is 0 Å². The standard InChI is InChI=1S/C8H15NOS/c1-3-9-6-8(4-5-10)7(2)11/h5,8-9H,3-4,6H2,1-2H3. The molecule has 0 radical (unpaired) electrons. The van der Waals surface area contributed by atoms with E-state index in [1.165, 1.54) is 0 Å². The third-order valence-electron chi connectivity index (χ3n) is 1.60. The lowest BCUT2D eigenvalue weighted by Crippen LogP contribution is -2.26. The van der Waals surface area contributed by atoms with Crippen molar-refractivity contribution in [2.24, 2.45) is 5.92 Å². The number of aldehydes is 1. The molecule has 0 bridgehead atoms. The van der Waals surface area contributed by atoms with Crippen molar-refractivity contribution in [3.63, 3.8) is 0 Å². The average molecular weight is 173 g/mol. The highest BCUT2D eigenvalue weighted by Gasteiger charge is 2.08. The highest BCUT2D eigenvalue weighted by Crippen LogP contribution is 2.02. The fourth-order valence-corrected chi connectivity index (χ4v) is 1.01. The Morgan fingerprint density at radius 3 is 2.73 bits per heavy atom. The minimum atomic E-state index is 0.238. The molecule has 0 aliphatic carbocycles. The van der Waals surface area contributed by atoms with Crippen LogP contribution in [0.1, 0.15) is 20.3 Å². The van der Waals surface area contributed by atoms with Gasteiger partial charge >= 0.3 is 0 Å². The van der Waals surface area contributed by atoms with Gasteiger partial charge in [-0.3, -0.25) is 0 Å². The molecule has 64 valence electrons. The van der Waals surface area contributed by atoms with E-state index in [0.717, 1.165) is 24.2 Å². The molecule has 11 heavy (non-hydrogen) atoms. The largest absolute Gasteiger partial charge is 0.316 e. The molecule has 0 aromatic rings. The van der Waals surface area contributed by atoms with Crippen LogP contribution in [0.2, 0.25) is 0 Å². The van der Waals surface area contributed by atoms with Gasteiger partial charge in [0.05, 0.1) is 0 Å². The molecule has 1 N–H and O–H groups in total. The van der Waals surface area contributed by atoms with Gasteiger partial charge in [0.1, 0.15) is 6.29 Å². The van der Waals surface area contributed by atoms with E-state index >= 15 is 0 Å². The molecule has 0 amide bonds. The predicted octanol–water partition coefficient (Wildman–Crippen LogP) is 1.19. The number of hydrogen-bond donors (Lipinski definition) is 1. The Labute approximate surface area is 73.4 Å². The molecule has 1 unspecified atom stereocenters. The number of thiocarbonyl (C=S) groups is 1. The zero-order valence-corrected chi connectivity index (χ0v) is 7.91. The molecule has 0 aromatic heterocycles. The quantitative estimate of drug-likeness (QED) is 0.483. The monoisotopic (exact) mass is 173 g/mol. The second kappa shape index (κ2) is 6.43. The Bertz CT molecular complexity index is 136. The molecule has 0 aliphatic heterocycles. The first-order chi connectivity index (χ1) is 5.22. The van der Waals surface area contributed by atoms with E-state index in [2.05, 4.69) is 5.32 Å². The van der Waals surface area contributed by atoms with Gasteiger partial charge < -0.3 is 10.1 Å². The van der Waals surface area contributed by atoms with E-state index in [1.54, 1.807) is 0 Å². The van der Waals surface area contributed by atoms with Gasteiger partial charge in [-0.05, 0) is 18.3 Å². The zero-order valence-electron chi connectivity index (χ0n) is 7.09. The smallest absolute Gasteiger partial charge is 0.120 e. The maximum Gasteiger partial charge on any atom is 0.120 e. The van der Waals surface area contributed by atoms with Crippen molar-refractivity contribution < 1.29 is 4.79 Å². The fourth-order valence-electron chi connectivity index (χ4n) is 0.828. The van der Waals surface area contributed by atoms with Gasteiger partial charge in [0, 0.05) is 18.9 Å². The molecule has 3 heteroatoms. The summed E-state index contributed by atoms with van der Waals surface area (Å²) in [7, 11) is 0. The summed E-state index contributed by atoms with van der Waals surface area (Å²) in [6, 6.07) is 0. The second-order valence-electron chi connectivity index (χ2n) is 2.52. The maximum absolute atomic E-state index is 10.2. The lowest BCUT2D eigenvalue weighted by Gasteiger charge is -2.12. The van der Waals surface area contributed by atoms with Crippen LogP contribution >= 0.6 is 12.2 Å². The van der Waals surface area contributed by atoms with Crippen molar-refractivity contribution in [2.45, 2.75) is 20.3 Å². The molecular weight excluding hydrogens is 158 g/mol. The second-order valence-corrected chi connectivity index (χ2v) is 3.16. The van der Waals surface area contributed by atoms with Gasteiger partial charge in [-0.25, -0.2) is 0 Å². The topological polar surface area (TPSA) is 29.1 Å². The lowest BCUT2D eigenvalue weighted by atomic mass is 10.0. The Balaban J connectivity index is 3.69. The van der Waals surface area contributed by atoms with Gasteiger partial charge in [-0.2, -0.15) is 0 Å². The van der Waals surface area contributed by atoms with Crippen molar-refractivity contribution in [3.05, 3.63) is 0 Å². The molecule has 0 aliphatic rings. The first-order valence-corrected chi connectivity index (χ1v) is 4.28. The minimum absolute atomic E-state index is 0.238. The summed E-state index contributed by atoms with van der Waals surface area (Å²) in [5, 5.41) is 3.17. The van der Waals surface area contributed by atoms with Crippen LogP contribution in [0, 0.1) is 5.92 Å². The van der Waals surface area contributed by atoms with Gasteiger partial charge in [0.2, 0.25) is 0 Å². The summed E-state index contributed by atoms with van der Waals surface area (Å²) in [5.41, 5.74) is 0. The van der Waals surface area contributed by atoms with Gasteiger partial charge in [0.25, 0.3) is 0 Å². The van der Waals surface area contributed by atoms with Crippen molar-refractivity contribution >= 4 is 23.4 Å². The Kier molecular flexibility index (Phi) is 6.27. The number of carbonyl (C=O) groups excluding carboxylic acids is 1. The fraction of sp³-hybridized carbons (Fsp3) is 0.750. The summed E-state index contributed by atoms with van der Waals surface area (Å²) < 4.78 is 0. The molecule has 0 spiro atoms. The zero-order chi connectivity index (χ0) is 8.69. The van der Waals surface area contributed by atoms with E-state index in [9.17, 15) is 4.79 Å². The van der Waals surface area contributed by atoms with Crippen molar-refractivity contribution in [1.29, 1.82) is 0 Å².